The lowest BCUT2D eigenvalue weighted by atomic mass is 10.0. The predicted molar refractivity (Wildman–Crippen MR) is 155 cm³/mol. The highest BCUT2D eigenvalue weighted by Crippen LogP contribution is 2.38. The van der Waals surface area contributed by atoms with E-state index in [4.69, 9.17) is 9.05 Å². The minimum atomic E-state index is -4.63. The van der Waals surface area contributed by atoms with E-state index in [1.807, 2.05) is 27.2 Å². The molecule has 2 N–H and O–H groups in total. The van der Waals surface area contributed by atoms with Crippen LogP contribution < -0.4 is 10.2 Å². The number of ketones is 1. The molecule has 0 saturated heterocycles. The standard InChI is InChI=1S/C29H57N2O7P/c1-7-8-9-10-11-12-13-14-15-16-17-18-19-20-27(32)26(30-29(34)23-28(33)25(2)3)24-38-39(35,36)37-22-21-31(4,5)6/h19-20,25-27,32H,7-18,21-24H2,1-6H3,(H-,30,34,35,36). The van der Waals surface area contributed by atoms with E-state index in [0.717, 1.165) is 19.3 Å². The van der Waals surface area contributed by atoms with Gasteiger partial charge in [-0.05, 0) is 12.8 Å². The van der Waals surface area contributed by atoms with Gasteiger partial charge in [-0.3, -0.25) is 14.2 Å². The van der Waals surface area contributed by atoms with E-state index in [9.17, 15) is 24.2 Å². The first-order valence-corrected chi connectivity index (χ1v) is 16.3. The molecule has 1 amide bonds. The largest absolute Gasteiger partial charge is 0.756 e. The van der Waals surface area contributed by atoms with Gasteiger partial charge in [0.25, 0.3) is 7.82 Å². The van der Waals surface area contributed by atoms with Crippen molar-refractivity contribution in [1.82, 2.24) is 5.32 Å². The fourth-order valence-electron chi connectivity index (χ4n) is 3.78. The number of nitrogens with zero attached hydrogens (tertiary/aromatic N) is 1. The first kappa shape index (κ1) is 37.9. The van der Waals surface area contributed by atoms with E-state index < -0.39 is 32.5 Å². The van der Waals surface area contributed by atoms with Gasteiger partial charge in [-0.15, -0.1) is 0 Å². The van der Waals surface area contributed by atoms with Crippen LogP contribution in [0.25, 0.3) is 0 Å². The molecule has 0 aromatic carbocycles. The average Bonchev–Trinajstić information content (AvgIpc) is 2.83. The first-order valence-electron chi connectivity index (χ1n) is 14.8. The summed E-state index contributed by atoms with van der Waals surface area (Å²) in [6, 6.07) is -1.05. The summed E-state index contributed by atoms with van der Waals surface area (Å²) in [5, 5.41) is 13.2. The fourth-order valence-corrected chi connectivity index (χ4v) is 4.50. The second-order valence-electron chi connectivity index (χ2n) is 11.8. The number of nitrogens with one attached hydrogen (secondary N) is 1. The van der Waals surface area contributed by atoms with Crippen LogP contribution in [0.2, 0.25) is 0 Å². The number of likely N-dealkylation sites (N-methyl/N-ethyl adjacent to an activating group) is 1. The Kier molecular flexibility index (Phi) is 21.0. The number of phosphoric ester groups is 1. The zero-order valence-corrected chi connectivity index (χ0v) is 26.4. The Balaban J connectivity index is 4.63. The molecule has 0 rings (SSSR count). The summed E-state index contributed by atoms with van der Waals surface area (Å²) in [5.74, 6) is -1.14. The molecule has 9 nitrogen and oxygen atoms in total. The molecule has 10 heteroatoms. The lowest BCUT2D eigenvalue weighted by Gasteiger charge is -2.29. The summed E-state index contributed by atoms with van der Waals surface area (Å²) < 4.78 is 22.6. The van der Waals surface area contributed by atoms with E-state index >= 15 is 0 Å². The molecule has 0 aliphatic carbocycles. The van der Waals surface area contributed by atoms with Gasteiger partial charge in [0.05, 0.1) is 46.3 Å². The molecule has 3 unspecified atom stereocenters. The van der Waals surface area contributed by atoms with Crippen molar-refractivity contribution in [3.05, 3.63) is 12.2 Å². The lowest BCUT2D eigenvalue weighted by molar-refractivity contribution is -0.870. The number of aliphatic hydroxyl groups excluding tert-OH is 1. The van der Waals surface area contributed by atoms with Crippen molar-refractivity contribution >= 4 is 19.5 Å². The number of hydrogen-bond donors (Lipinski definition) is 2. The average molecular weight is 577 g/mol. The highest BCUT2D eigenvalue weighted by molar-refractivity contribution is 7.45. The van der Waals surface area contributed by atoms with Crippen molar-refractivity contribution in [3.63, 3.8) is 0 Å². The molecule has 0 bridgehead atoms. The number of hydrogen-bond acceptors (Lipinski definition) is 7. The number of carbonyl (C=O) groups is 2. The topological polar surface area (TPSA) is 125 Å². The first-order chi connectivity index (χ1) is 18.3. The molecule has 0 aliphatic rings. The zero-order chi connectivity index (χ0) is 29.7. The van der Waals surface area contributed by atoms with Crippen LogP contribution >= 0.6 is 7.82 Å². The number of amides is 1. The number of aliphatic hydroxyl groups is 1. The third-order valence-corrected chi connectivity index (χ3v) is 7.43. The van der Waals surface area contributed by atoms with E-state index in [1.54, 1.807) is 19.9 Å². The number of Topliss-reactive ketones (excluding diaryl/α,β-unsaturated/α-hetero) is 1. The van der Waals surface area contributed by atoms with Gasteiger partial charge in [-0.1, -0.05) is 97.1 Å². The van der Waals surface area contributed by atoms with Gasteiger partial charge in [0.1, 0.15) is 18.9 Å². The maximum absolute atomic E-state index is 12.4. The maximum atomic E-state index is 12.4. The van der Waals surface area contributed by atoms with E-state index in [1.165, 1.54) is 57.8 Å². The normalized spacial score (nSPS) is 15.4. The Morgan fingerprint density at radius 2 is 1.49 bits per heavy atom. The minimum Gasteiger partial charge on any atom is -0.756 e. The third kappa shape index (κ3) is 23.3. The number of phosphoric acid groups is 1. The minimum absolute atomic E-state index is 0.0500. The summed E-state index contributed by atoms with van der Waals surface area (Å²) in [4.78, 5) is 36.5. The number of allylic oxidation sites excluding steroid dienone is 1. The molecule has 0 aromatic rings. The molecule has 39 heavy (non-hydrogen) atoms. The fraction of sp³-hybridized carbons (Fsp3) is 0.862. The van der Waals surface area contributed by atoms with Crippen LogP contribution in [0.15, 0.2) is 12.2 Å². The van der Waals surface area contributed by atoms with Crippen molar-refractivity contribution in [3.8, 4) is 0 Å². The summed E-state index contributed by atoms with van der Waals surface area (Å²) in [6.45, 7) is 5.53. The van der Waals surface area contributed by atoms with Crippen molar-refractivity contribution in [1.29, 1.82) is 0 Å². The van der Waals surface area contributed by atoms with Crippen LogP contribution in [0.5, 0.6) is 0 Å². The monoisotopic (exact) mass is 576 g/mol. The van der Waals surface area contributed by atoms with Gasteiger partial charge < -0.3 is 28.8 Å². The second kappa shape index (κ2) is 21.6. The van der Waals surface area contributed by atoms with Crippen LogP contribution in [-0.4, -0.2) is 74.3 Å². The Morgan fingerprint density at radius 1 is 0.949 bits per heavy atom. The number of quaternary nitrogens is 1. The quantitative estimate of drug-likeness (QED) is 0.0520. The summed E-state index contributed by atoms with van der Waals surface area (Å²) in [7, 11) is 1.09. The summed E-state index contributed by atoms with van der Waals surface area (Å²) >= 11 is 0. The predicted octanol–water partition coefficient (Wildman–Crippen LogP) is 4.91. The van der Waals surface area contributed by atoms with Crippen LogP contribution in [0, 0.1) is 5.92 Å². The highest BCUT2D eigenvalue weighted by atomic mass is 31.2. The molecule has 230 valence electrons. The highest BCUT2D eigenvalue weighted by Gasteiger charge is 2.24. The lowest BCUT2D eigenvalue weighted by Crippen LogP contribution is -2.46. The van der Waals surface area contributed by atoms with Crippen molar-refractivity contribution in [2.75, 3.05) is 40.9 Å². The number of rotatable bonds is 25. The van der Waals surface area contributed by atoms with Crippen molar-refractivity contribution < 1.29 is 37.7 Å². The number of carbonyl (C=O) groups excluding carboxylic acids is 2. The van der Waals surface area contributed by atoms with Gasteiger partial charge in [-0.2, -0.15) is 0 Å². The second-order valence-corrected chi connectivity index (χ2v) is 13.2. The molecule has 0 aromatic heterocycles. The van der Waals surface area contributed by atoms with Gasteiger partial charge in [0.2, 0.25) is 5.91 Å². The van der Waals surface area contributed by atoms with Crippen LogP contribution in [-0.2, 0) is 23.2 Å². The van der Waals surface area contributed by atoms with Crippen LogP contribution in [0.3, 0.4) is 0 Å². The van der Waals surface area contributed by atoms with Crippen LogP contribution in [0.1, 0.15) is 104 Å². The molecule has 0 spiro atoms. The summed E-state index contributed by atoms with van der Waals surface area (Å²) in [5.41, 5.74) is 0. The van der Waals surface area contributed by atoms with Gasteiger partial charge in [0.15, 0.2) is 0 Å². The molecule has 0 saturated carbocycles. The molecule has 0 heterocycles. The molecular weight excluding hydrogens is 519 g/mol. The van der Waals surface area contributed by atoms with Gasteiger partial charge >= 0.3 is 0 Å². The smallest absolute Gasteiger partial charge is 0.268 e. The maximum Gasteiger partial charge on any atom is 0.268 e. The van der Waals surface area contributed by atoms with E-state index in [2.05, 4.69) is 12.2 Å². The van der Waals surface area contributed by atoms with Gasteiger partial charge in [0, 0.05) is 5.92 Å². The van der Waals surface area contributed by atoms with Gasteiger partial charge in [-0.25, -0.2) is 0 Å². The summed E-state index contributed by atoms with van der Waals surface area (Å²) in [6.07, 6.45) is 16.4. The molecule has 0 fully saturated rings. The van der Waals surface area contributed by atoms with Crippen molar-refractivity contribution in [2.45, 2.75) is 116 Å². The third-order valence-electron chi connectivity index (χ3n) is 6.47. The Hall–Kier alpha value is -1.09. The van der Waals surface area contributed by atoms with Crippen molar-refractivity contribution in [2.24, 2.45) is 5.92 Å². The van der Waals surface area contributed by atoms with Crippen LogP contribution in [0.4, 0.5) is 0 Å². The van der Waals surface area contributed by atoms with E-state index in [0.29, 0.717) is 11.0 Å². The molecular formula is C29H57N2O7P. The Morgan fingerprint density at radius 3 is 2.00 bits per heavy atom. The molecule has 0 aliphatic heterocycles. The Labute approximate surface area is 237 Å². The van der Waals surface area contributed by atoms with E-state index in [-0.39, 0.29) is 24.7 Å². The number of unbranched alkanes of at least 4 members (excludes halogenated alkanes) is 11. The SMILES string of the molecule is CCCCCCCCCCCCCC=CC(O)C(COP(=O)([O-])OCC[N+](C)(C)C)NC(=O)CC(=O)C(C)C. The molecule has 3 atom stereocenters. The Bertz CT molecular complexity index is 738. The molecule has 0 radical (unpaired) electrons. The zero-order valence-electron chi connectivity index (χ0n) is 25.5.